The van der Waals surface area contributed by atoms with Crippen molar-refractivity contribution in [3.05, 3.63) is 0 Å². The first-order valence-corrected chi connectivity index (χ1v) is 4.02. The van der Waals surface area contributed by atoms with E-state index >= 15 is 0 Å². The third-order valence-corrected chi connectivity index (χ3v) is 1.56. The second kappa shape index (κ2) is 3.94. The van der Waals surface area contributed by atoms with Gasteiger partial charge in [0.05, 0.1) is 13.2 Å². The highest BCUT2D eigenvalue weighted by Crippen LogP contribution is 2.13. The van der Waals surface area contributed by atoms with Gasteiger partial charge >= 0.3 is 0 Å². The zero-order chi connectivity index (χ0) is 7.40. The van der Waals surface area contributed by atoms with Crippen LogP contribution in [0.3, 0.4) is 0 Å². The molecular formula is C8H16O2. The minimum Gasteiger partial charge on any atom is -0.353 e. The molecule has 0 N–H and O–H groups in total. The molecule has 0 atom stereocenters. The molecule has 1 aliphatic rings. The molecule has 0 amide bonds. The number of hydrogen-bond acceptors (Lipinski definition) is 2. The van der Waals surface area contributed by atoms with Gasteiger partial charge < -0.3 is 9.47 Å². The van der Waals surface area contributed by atoms with Gasteiger partial charge in [0.15, 0.2) is 6.29 Å². The Bertz CT molecular complexity index is 85.3. The van der Waals surface area contributed by atoms with Crippen molar-refractivity contribution in [2.24, 2.45) is 5.92 Å². The monoisotopic (exact) mass is 144 g/mol. The summed E-state index contributed by atoms with van der Waals surface area (Å²) in [6.07, 6.45) is 2.16. The smallest absolute Gasteiger partial charge is 0.157 e. The Kier molecular flexibility index (Phi) is 3.16. The summed E-state index contributed by atoms with van der Waals surface area (Å²) in [6, 6.07) is 0. The Hall–Kier alpha value is -0.0800. The van der Waals surface area contributed by atoms with Crippen LogP contribution in [0.1, 0.15) is 26.7 Å². The summed E-state index contributed by atoms with van der Waals surface area (Å²) in [7, 11) is 0. The predicted molar refractivity (Wildman–Crippen MR) is 39.8 cm³/mol. The van der Waals surface area contributed by atoms with E-state index < -0.39 is 0 Å². The van der Waals surface area contributed by atoms with E-state index in [1.807, 2.05) is 0 Å². The Morgan fingerprint density at radius 2 is 1.90 bits per heavy atom. The number of rotatable bonds is 2. The summed E-state index contributed by atoms with van der Waals surface area (Å²) in [5.74, 6) is 0.670. The highest BCUT2D eigenvalue weighted by molar-refractivity contribution is 4.54. The fourth-order valence-corrected chi connectivity index (χ4v) is 1.06. The molecule has 1 heterocycles. The Morgan fingerprint density at radius 1 is 1.30 bits per heavy atom. The van der Waals surface area contributed by atoms with Crippen molar-refractivity contribution in [2.75, 3.05) is 13.2 Å². The highest BCUT2D eigenvalue weighted by atomic mass is 16.7. The third kappa shape index (κ3) is 2.67. The average molecular weight is 144 g/mol. The summed E-state index contributed by atoms with van der Waals surface area (Å²) < 4.78 is 10.7. The second-order valence-electron chi connectivity index (χ2n) is 3.15. The van der Waals surface area contributed by atoms with Gasteiger partial charge in [-0.25, -0.2) is 0 Å². The summed E-state index contributed by atoms with van der Waals surface area (Å²) in [4.78, 5) is 0. The Balaban J connectivity index is 2.13. The van der Waals surface area contributed by atoms with Crippen LogP contribution < -0.4 is 0 Å². The van der Waals surface area contributed by atoms with Crippen LogP contribution in [0.4, 0.5) is 0 Å². The summed E-state index contributed by atoms with van der Waals surface area (Å²) >= 11 is 0. The van der Waals surface area contributed by atoms with Crippen LogP contribution in [0.2, 0.25) is 0 Å². The number of hydrogen-bond donors (Lipinski definition) is 0. The summed E-state index contributed by atoms with van der Waals surface area (Å²) in [5, 5.41) is 0. The maximum Gasteiger partial charge on any atom is 0.157 e. The van der Waals surface area contributed by atoms with Gasteiger partial charge in [0, 0.05) is 6.42 Å². The molecule has 0 spiro atoms. The molecule has 0 radical (unpaired) electrons. The SMILES string of the molecule is CC(C)CC1OCCCO1. The van der Waals surface area contributed by atoms with E-state index in [2.05, 4.69) is 13.8 Å². The topological polar surface area (TPSA) is 18.5 Å². The standard InChI is InChI=1S/C8H16O2/c1-7(2)6-8-9-4-3-5-10-8/h7-8H,3-6H2,1-2H3. The van der Waals surface area contributed by atoms with E-state index in [1.54, 1.807) is 0 Å². The maximum atomic E-state index is 5.37. The minimum atomic E-state index is 0.0775. The lowest BCUT2D eigenvalue weighted by Gasteiger charge is -2.24. The van der Waals surface area contributed by atoms with Gasteiger partial charge in [0.1, 0.15) is 0 Å². The second-order valence-corrected chi connectivity index (χ2v) is 3.15. The normalized spacial score (nSPS) is 21.9. The molecule has 1 rings (SSSR count). The van der Waals surface area contributed by atoms with Crippen LogP contribution in [-0.4, -0.2) is 19.5 Å². The molecule has 0 aliphatic carbocycles. The molecule has 60 valence electrons. The van der Waals surface area contributed by atoms with Crippen molar-refractivity contribution in [3.63, 3.8) is 0 Å². The van der Waals surface area contributed by atoms with E-state index in [-0.39, 0.29) is 6.29 Å². The van der Waals surface area contributed by atoms with Crippen molar-refractivity contribution in [2.45, 2.75) is 33.0 Å². The molecule has 0 aromatic rings. The number of ether oxygens (including phenoxy) is 2. The lowest BCUT2D eigenvalue weighted by Crippen LogP contribution is -2.26. The molecule has 1 aliphatic heterocycles. The zero-order valence-corrected chi connectivity index (χ0v) is 6.80. The van der Waals surface area contributed by atoms with Gasteiger partial charge in [-0.15, -0.1) is 0 Å². The quantitative estimate of drug-likeness (QED) is 0.588. The predicted octanol–water partition coefficient (Wildman–Crippen LogP) is 1.80. The van der Waals surface area contributed by atoms with E-state index in [4.69, 9.17) is 9.47 Å². The van der Waals surface area contributed by atoms with Crippen molar-refractivity contribution in [1.29, 1.82) is 0 Å². The van der Waals surface area contributed by atoms with Gasteiger partial charge in [0.2, 0.25) is 0 Å². The highest BCUT2D eigenvalue weighted by Gasteiger charge is 2.14. The van der Waals surface area contributed by atoms with Crippen LogP contribution in [0.25, 0.3) is 0 Å². The molecule has 0 unspecified atom stereocenters. The van der Waals surface area contributed by atoms with E-state index in [1.165, 1.54) is 0 Å². The van der Waals surface area contributed by atoms with E-state index in [9.17, 15) is 0 Å². The molecule has 2 heteroatoms. The van der Waals surface area contributed by atoms with Gasteiger partial charge in [-0.1, -0.05) is 13.8 Å². The summed E-state index contributed by atoms with van der Waals surface area (Å²) in [5.41, 5.74) is 0. The lowest BCUT2D eigenvalue weighted by atomic mass is 10.1. The molecule has 10 heavy (non-hydrogen) atoms. The van der Waals surface area contributed by atoms with Crippen molar-refractivity contribution < 1.29 is 9.47 Å². The fourth-order valence-electron chi connectivity index (χ4n) is 1.06. The maximum absolute atomic E-state index is 5.37. The fraction of sp³-hybridized carbons (Fsp3) is 1.00. The van der Waals surface area contributed by atoms with E-state index in [0.29, 0.717) is 5.92 Å². The minimum absolute atomic E-state index is 0.0775. The van der Waals surface area contributed by atoms with Gasteiger partial charge in [-0.3, -0.25) is 0 Å². The van der Waals surface area contributed by atoms with Crippen LogP contribution in [0.15, 0.2) is 0 Å². The van der Waals surface area contributed by atoms with Crippen LogP contribution in [0, 0.1) is 5.92 Å². The average Bonchev–Trinajstić information content (AvgIpc) is 1.88. The Morgan fingerprint density at radius 3 is 2.40 bits per heavy atom. The largest absolute Gasteiger partial charge is 0.353 e. The first-order valence-electron chi connectivity index (χ1n) is 4.02. The van der Waals surface area contributed by atoms with Gasteiger partial charge in [-0.2, -0.15) is 0 Å². The molecule has 0 aromatic carbocycles. The molecule has 0 saturated carbocycles. The van der Waals surface area contributed by atoms with Gasteiger partial charge in [0.25, 0.3) is 0 Å². The third-order valence-electron chi connectivity index (χ3n) is 1.56. The summed E-state index contributed by atoms with van der Waals surface area (Å²) in [6.45, 7) is 6.11. The zero-order valence-electron chi connectivity index (χ0n) is 6.80. The first kappa shape index (κ1) is 8.02. The molecule has 1 saturated heterocycles. The molecule has 0 bridgehead atoms. The first-order chi connectivity index (χ1) is 4.79. The Labute approximate surface area is 62.5 Å². The van der Waals surface area contributed by atoms with Crippen LogP contribution >= 0.6 is 0 Å². The lowest BCUT2D eigenvalue weighted by molar-refractivity contribution is -0.185. The molecule has 2 nitrogen and oxygen atoms in total. The van der Waals surface area contributed by atoms with E-state index in [0.717, 1.165) is 26.1 Å². The molecule has 1 fully saturated rings. The van der Waals surface area contributed by atoms with Crippen LogP contribution in [0.5, 0.6) is 0 Å². The van der Waals surface area contributed by atoms with Crippen molar-refractivity contribution in [1.82, 2.24) is 0 Å². The van der Waals surface area contributed by atoms with Crippen molar-refractivity contribution in [3.8, 4) is 0 Å². The van der Waals surface area contributed by atoms with Crippen molar-refractivity contribution >= 4 is 0 Å². The molecule has 0 aromatic heterocycles. The molecular weight excluding hydrogens is 128 g/mol. The van der Waals surface area contributed by atoms with Crippen LogP contribution in [-0.2, 0) is 9.47 Å². The van der Waals surface area contributed by atoms with Gasteiger partial charge in [-0.05, 0) is 12.3 Å².